The van der Waals surface area contributed by atoms with Gasteiger partial charge in [0.2, 0.25) is 0 Å². The molecule has 0 spiro atoms. The molecule has 290 valence electrons. The summed E-state index contributed by atoms with van der Waals surface area (Å²) in [4.78, 5) is 59.0. The van der Waals surface area contributed by atoms with E-state index in [0.717, 1.165) is 22.3 Å². The molecule has 0 N–H and O–H groups in total. The van der Waals surface area contributed by atoms with Gasteiger partial charge in [-0.15, -0.1) is 0 Å². The number of hydrogen-bond donors (Lipinski definition) is 0. The van der Waals surface area contributed by atoms with Crippen LogP contribution in [0.2, 0.25) is 0 Å². The van der Waals surface area contributed by atoms with Gasteiger partial charge in [-0.1, -0.05) is 114 Å². The zero-order valence-corrected chi connectivity index (χ0v) is 34.2. The van der Waals surface area contributed by atoms with Gasteiger partial charge >= 0.3 is 0 Å². The van der Waals surface area contributed by atoms with Gasteiger partial charge in [-0.2, -0.15) is 0 Å². The van der Waals surface area contributed by atoms with Gasteiger partial charge in [-0.05, 0) is 105 Å². The molecule has 0 saturated heterocycles. The van der Waals surface area contributed by atoms with E-state index in [0.29, 0.717) is 76.2 Å². The molecule has 0 radical (unpaired) electrons. The van der Waals surface area contributed by atoms with E-state index in [4.69, 9.17) is 0 Å². The Hall–Kier alpha value is -7.18. The van der Waals surface area contributed by atoms with Crippen LogP contribution < -0.4 is 21.7 Å². The summed E-state index contributed by atoms with van der Waals surface area (Å²) < 4.78 is 4.02. The second-order valence-electron chi connectivity index (χ2n) is 18.4. The fraction of sp³-hybridized carbons (Fsp3) is 0.148. The summed E-state index contributed by atoms with van der Waals surface area (Å²) in [6.07, 6.45) is 0. The minimum atomic E-state index is -0.262. The molecule has 4 heterocycles. The predicted molar refractivity (Wildman–Crippen MR) is 249 cm³/mol. The molecule has 0 bridgehead atoms. The third kappa shape index (κ3) is 5.00. The Bertz CT molecular complexity index is 3650. The van der Waals surface area contributed by atoms with Gasteiger partial charge < -0.3 is 8.80 Å². The second-order valence-corrected chi connectivity index (χ2v) is 18.4. The van der Waals surface area contributed by atoms with E-state index in [-0.39, 0.29) is 32.5 Å². The number of rotatable bonds is 2. The molecule has 60 heavy (non-hydrogen) atoms. The van der Waals surface area contributed by atoms with Gasteiger partial charge in [0.25, 0.3) is 0 Å². The van der Waals surface area contributed by atoms with Crippen LogP contribution in [0.4, 0.5) is 0 Å². The summed E-state index contributed by atoms with van der Waals surface area (Å²) >= 11 is 0. The molecular formula is C54H40N2O4. The van der Waals surface area contributed by atoms with Gasteiger partial charge in [0.05, 0.1) is 33.1 Å². The largest absolute Gasteiger partial charge is 0.307 e. The lowest BCUT2D eigenvalue weighted by Gasteiger charge is -2.20. The minimum absolute atomic E-state index is 0.0377. The summed E-state index contributed by atoms with van der Waals surface area (Å²) in [6.45, 7) is 13.0. The van der Waals surface area contributed by atoms with Crippen LogP contribution in [0.15, 0.2) is 153 Å². The summed E-state index contributed by atoms with van der Waals surface area (Å²) in [7, 11) is 0. The van der Waals surface area contributed by atoms with Gasteiger partial charge in [-0.25, -0.2) is 0 Å². The number of aromatic nitrogens is 2. The molecule has 6 nitrogen and oxygen atoms in total. The summed E-state index contributed by atoms with van der Waals surface area (Å²) in [5.74, 6) is 0. The van der Waals surface area contributed by atoms with Gasteiger partial charge in [0, 0.05) is 43.1 Å². The zero-order chi connectivity index (χ0) is 41.6. The van der Waals surface area contributed by atoms with E-state index in [9.17, 15) is 9.59 Å². The van der Waals surface area contributed by atoms with Crippen molar-refractivity contribution in [3.63, 3.8) is 0 Å². The monoisotopic (exact) mass is 780 g/mol. The van der Waals surface area contributed by atoms with Crippen molar-refractivity contribution >= 4 is 76.2 Å². The molecule has 0 atom stereocenters. The second kappa shape index (κ2) is 12.2. The first-order valence-electron chi connectivity index (χ1n) is 20.4. The Labute approximate surface area is 343 Å². The van der Waals surface area contributed by atoms with E-state index >= 15 is 9.59 Å². The smallest absolute Gasteiger partial charge is 0.197 e. The molecular weight excluding hydrogens is 741 g/mol. The van der Waals surface area contributed by atoms with Crippen molar-refractivity contribution in [2.24, 2.45) is 0 Å². The molecule has 6 heteroatoms. The lowest BCUT2D eigenvalue weighted by Crippen LogP contribution is -2.17. The fourth-order valence-corrected chi connectivity index (χ4v) is 9.46. The molecule has 0 amide bonds. The molecule has 0 aliphatic heterocycles. The molecule has 11 rings (SSSR count). The number of para-hydroxylation sites is 2. The molecule has 0 unspecified atom stereocenters. The molecule has 11 aromatic rings. The minimum Gasteiger partial charge on any atom is -0.307 e. The third-order valence-electron chi connectivity index (χ3n) is 12.7. The SMILES string of the molecule is CC(C)(C)c1ccc(-c2cc3c(=O)c4ccccc4n4c5cc6c(cc5c(=O)c(c2)c34)c(=O)c2cc(-c3ccc(C(C)(C)C)cc3)cc3c(=O)c4ccccc4n6c32)cc1. The first kappa shape index (κ1) is 35.9. The Kier molecular flexibility index (Phi) is 7.30. The molecule has 0 fully saturated rings. The highest BCUT2D eigenvalue weighted by Gasteiger charge is 2.24. The highest BCUT2D eigenvalue weighted by atomic mass is 16.1. The molecule has 4 aromatic heterocycles. The van der Waals surface area contributed by atoms with E-state index < -0.39 is 0 Å². The Morgan fingerprint density at radius 1 is 0.317 bits per heavy atom. The van der Waals surface area contributed by atoms with Crippen LogP contribution >= 0.6 is 0 Å². The van der Waals surface area contributed by atoms with E-state index in [1.54, 1.807) is 6.07 Å². The summed E-state index contributed by atoms with van der Waals surface area (Å²) in [5.41, 5.74) is 8.30. The average molecular weight is 781 g/mol. The van der Waals surface area contributed by atoms with Crippen LogP contribution in [0.3, 0.4) is 0 Å². The van der Waals surface area contributed by atoms with Gasteiger partial charge in [0.1, 0.15) is 0 Å². The highest BCUT2D eigenvalue weighted by Crippen LogP contribution is 2.36. The molecule has 0 aliphatic carbocycles. The number of fused-ring (bicyclic) bond motifs is 8. The molecule has 0 saturated carbocycles. The number of pyridine rings is 4. The van der Waals surface area contributed by atoms with E-state index in [2.05, 4.69) is 65.8 Å². The maximum Gasteiger partial charge on any atom is 0.197 e. The first-order chi connectivity index (χ1) is 28.7. The zero-order valence-electron chi connectivity index (χ0n) is 34.2. The van der Waals surface area contributed by atoms with E-state index in [1.165, 1.54) is 11.1 Å². The fourth-order valence-electron chi connectivity index (χ4n) is 9.46. The van der Waals surface area contributed by atoms with Crippen molar-refractivity contribution in [2.45, 2.75) is 52.4 Å². The third-order valence-corrected chi connectivity index (χ3v) is 12.7. The van der Waals surface area contributed by atoms with Crippen molar-refractivity contribution in [3.05, 3.63) is 185 Å². The average Bonchev–Trinajstić information content (AvgIpc) is 3.24. The van der Waals surface area contributed by atoms with Crippen molar-refractivity contribution in [1.82, 2.24) is 8.80 Å². The van der Waals surface area contributed by atoms with Crippen molar-refractivity contribution < 1.29 is 0 Å². The van der Waals surface area contributed by atoms with Crippen LogP contribution in [-0.4, -0.2) is 8.80 Å². The van der Waals surface area contributed by atoms with Crippen LogP contribution in [-0.2, 0) is 10.8 Å². The number of benzene rings is 7. The summed E-state index contributed by atoms with van der Waals surface area (Å²) in [5, 5.41) is 3.46. The lowest BCUT2D eigenvalue weighted by atomic mass is 9.86. The number of hydrogen-bond acceptors (Lipinski definition) is 4. The first-order valence-corrected chi connectivity index (χ1v) is 20.4. The topological polar surface area (TPSA) is 77.1 Å². The summed E-state index contributed by atoms with van der Waals surface area (Å²) in [6, 6.07) is 42.7. The normalized spacial score (nSPS) is 12.8. The van der Waals surface area contributed by atoms with Crippen LogP contribution in [0, 0.1) is 0 Å². The quantitative estimate of drug-likeness (QED) is 0.129. The Morgan fingerprint density at radius 3 is 1.00 bits per heavy atom. The van der Waals surface area contributed by atoms with E-state index in [1.807, 2.05) is 112 Å². The van der Waals surface area contributed by atoms with Crippen LogP contribution in [0.25, 0.3) is 98.4 Å². The van der Waals surface area contributed by atoms with Crippen molar-refractivity contribution in [3.8, 4) is 22.3 Å². The van der Waals surface area contributed by atoms with Gasteiger partial charge in [0.15, 0.2) is 21.7 Å². The highest BCUT2D eigenvalue weighted by molar-refractivity contribution is 6.14. The molecule has 7 aromatic carbocycles. The van der Waals surface area contributed by atoms with Crippen molar-refractivity contribution in [2.75, 3.05) is 0 Å². The maximum atomic E-state index is 15.1. The van der Waals surface area contributed by atoms with Crippen LogP contribution in [0.1, 0.15) is 52.7 Å². The Morgan fingerprint density at radius 2 is 0.650 bits per heavy atom. The van der Waals surface area contributed by atoms with Crippen LogP contribution in [0.5, 0.6) is 0 Å². The number of nitrogens with zero attached hydrogens (tertiary/aromatic N) is 2. The Balaban J connectivity index is 1.30. The van der Waals surface area contributed by atoms with Crippen molar-refractivity contribution in [1.29, 1.82) is 0 Å². The lowest BCUT2D eigenvalue weighted by molar-refractivity contribution is 0.590. The maximum absolute atomic E-state index is 15.1. The molecule has 0 aliphatic rings. The van der Waals surface area contributed by atoms with Gasteiger partial charge in [-0.3, -0.25) is 19.2 Å². The predicted octanol–water partition coefficient (Wildman–Crippen LogP) is 11.4. The standard InChI is InChI=1S/C54H40N2O4/c1-53(2,3)33-19-15-29(16-20-33)31-23-39-47-41(25-31)51(59)37-27-38-46(28-45(37)55(47)43-13-9-7-11-35(43)49(39)57)56-44-14-10-8-12-36(44)50(58)40-24-32(26-42(48(40)56)52(38)60)30-17-21-34(22-18-30)54(4,5)6/h7-28H,1-6H3.